The van der Waals surface area contributed by atoms with Gasteiger partial charge in [-0.1, -0.05) is 37.5 Å². The largest absolute Gasteiger partial charge is 0.376 e. The van der Waals surface area contributed by atoms with Crippen molar-refractivity contribution in [3.8, 4) is 0 Å². The van der Waals surface area contributed by atoms with Gasteiger partial charge in [0.15, 0.2) is 0 Å². The van der Waals surface area contributed by atoms with Crippen LogP contribution in [0.4, 0.5) is 11.4 Å². The predicted molar refractivity (Wildman–Crippen MR) is 78.9 cm³/mol. The Morgan fingerprint density at radius 3 is 2.70 bits per heavy atom. The highest BCUT2D eigenvalue weighted by atomic mass is 16.6. The molecule has 1 aromatic heterocycles. The summed E-state index contributed by atoms with van der Waals surface area (Å²) in [5.41, 5.74) is 1.47. The lowest BCUT2D eigenvalue weighted by molar-refractivity contribution is -0.384. The quantitative estimate of drug-likeness (QED) is 0.679. The van der Waals surface area contributed by atoms with Crippen molar-refractivity contribution in [2.45, 2.75) is 38.1 Å². The van der Waals surface area contributed by atoms with E-state index >= 15 is 0 Å². The Bertz CT molecular complexity index is 636. The number of aromatic nitrogens is 1. The van der Waals surface area contributed by atoms with E-state index in [1.807, 2.05) is 24.3 Å². The monoisotopic (exact) mass is 271 g/mol. The van der Waals surface area contributed by atoms with Gasteiger partial charge in [-0.25, -0.2) is 4.98 Å². The third-order valence-electron chi connectivity index (χ3n) is 3.91. The van der Waals surface area contributed by atoms with Crippen molar-refractivity contribution >= 4 is 22.3 Å². The molecule has 0 amide bonds. The maximum atomic E-state index is 11.2. The first kappa shape index (κ1) is 12.8. The van der Waals surface area contributed by atoms with Crippen LogP contribution >= 0.6 is 0 Å². The average molecular weight is 271 g/mol. The van der Waals surface area contributed by atoms with E-state index in [-0.39, 0.29) is 10.6 Å². The van der Waals surface area contributed by atoms with Crippen LogP contribution in [-0.4, -0.2) is 15.9 Å². The van der Waals surface area contributed by atoms with Gasteiger partial charge in [0.25, 0.3) is 0 Å². The summed E-state index contributed by atoms with van der Waals surface area (Å²) >= 11 is 0. The van der Waals surface area contributed by atoms with E-state index < -0.39 is 0 Å². The molecule has 1 aromatic carbocycles. The Morgan fingerprint density at radius 1 is 1.20 bits per heavy atom. The zero-order chi connectivity index (χ0) is 13.9. The topological polar surface area (TPSA) is 68.1 Å². The average Bonchev–Trinajstić information content (AvgIpc) is 2.48. The number of nitrogens with one attached hydrogen (secondary N) is 1. The highest BCUT2D eigenvalue weighted by Gasteiger charge is 2.21. The van der Waals surface area contributed by atoms with E-state index in [0.29, 0.717) is 11.7 Å². The molecule has 0 spiro atoms. The first-order chi connectivity index (χ1) is 9.75. The second kappa shape index (κ2) is 5.45. The lowest BCUT2D eigenvalue weighted by Crippen LogP contribution is -2.23. The SMILES string of the molecule is O=[N+]([O-])c1cnc2ccccc2c1NC1CCCCC1. The van der Waals surface area contributed by atoms with E-state index in [4.69, 9.17) is 0 Å². The molecule has 0 unspecified atom stereocenters. The first-order valence-corrected chi connectivity index (χ1v) is 7.04. The minimum atomic E-state index is -0.357. The van der Waals surface area contributed by atoms with Gasteiger partial charge < -0.3 is 5.32 Å². The van der Waals surface area contributed by atoms with Crippen molar-refractivity contribution in [1.29, 1.82) is 0 Å². The molecule has 5 heteroatoms. The van der Waals surface area contributed by atoms with Gasteiger partial charge in [-0.3, -0.25) is 10.1 Å². The zero-order valence-electron chi connectivity index (χ0n) is 11.2. The summed E-state index contributed by atoms with van der Waals surface area (Å²) in [6.07, 6.45) is 7.15. The Balaban J connectivity index is 2.04. The van der Waals surface area contributed by atoms with Crippen molar-refractivity contribution in [2.75, 3.05) is 5.32 Å². The molecule has 0 atom stereocenters. The van der Waals surface area contributed by atoms with E-state index in [0.717, 1.165) is 23.7 Å². The molecule has 1 aliphatic carbocycles. The standard InChI is InChI=1S/C15H17N3O2/c19-18(20)14-10-16-13-9-5-4-8-12(13)15(14)17-11-6-2-1-3-7-11/h4-5,8-11H,1-3,6-7H2,(H,16,17). The van der Waals surface area contributed by atoms with Gasteiger partial charge in [0.1, 0.15) is 11.9 Å². The molecule has 20 heavy (non-hydrogen) atoms. The first-order valence-electron chi connectivity index (χ1n) is 7.04. The maximum Gasteiger partial charge on any atom is 0.311 e. The Morgan fingerprint density at radius 2 is 1.95 bits per heavy atom. The molecule has 1 N–H and O–H groups in total. The van der Waals surface area contributed by atoms with Crippen LogP contribution in [-0.2, 0) is 0 Å². The third-order valence-corrected chi connectivity index (χ3v) is 3.91. The van der Waals surface area contributed by atoms with Crippen molar-refractivity contribution in [3.05, 3.63) is 40.6 Å². The molecule has 0 aliphatic heterocycles. The molecular weight excluding hydrogens is 254 g/mol. The summed E-state index contributed by atoms with van der Waals surface area (Å²) in [5, 5.41) is 15.5. The van der Waals surface area contributed by atoms with E-state index in [1.54, 1.807) is 0 Å². The molecule has 104 valence electrons. The van der Waals surface area contributed by atoms with E-state index in [9.17, 15) is 10.1 Å². The summed E-state index contributed by atoms with van der Waals surface area (Å²) in [6, 6.07) is 7.88. The summed E-state index contributed by atoms with van der Waals surface area (Å²) < 4.78 is 0. The number of nitro groups is 1. The fraction of sp³-hybridized carbons (Fsp3) is 0.400. The van der Waals surface area contributed by atoms with Crippen LogP contribution in [0, 0.1) is 10.1 Å². The van der Waals surface area contributed by atoms with E-state index in [2.05, 4.69) is 10.3 Å². The van der Waals surface area contributed by atoms with Crippen LogP contribution in [0.1, 0.15) is 32.1 Å². The third kappa shape index (κ3) is 2.43. The van der Waals surface area contributed by atoms with Gasteiger partial charge >= 0.3 is 5.69 Å². The second-order valence-corrected chi connectivity index (χ2v) is 5.27. The Labute approximate surface area is 117 Å². The summed E-state index contributed by atoms with van der Waals surface area (Å²) in [4.78, 5) is 15.1. The number of para-hydroxylation sites is 1. The number of rotatable bonds is 3. The number of nitrogens with zero attached hydrogens (tertiary/aromatic N) is 2. The van der Waals surface area contributed by atoms with E-state index in [1.165, 1.54) is 25.5 Å². The fourth-order valence-electron chi connectivity index (χ4n) is 2.87. The van der Waals surface area contributed by atoms with Crippen LogP contribution in [0.15, 0.2) is 30.5 Å². The van der Waals surface area contributed by atoms with Crippen molar-refractivity contribution in [3.63, 3.8) is 0 Å². The van der Waals surface area contributed by atoms with Crippen LogP contribution in [0.3, 0.4) is 0 Å². The normalized spacial score (nSPS) is 16.2. The Kier molecular flexibility index (Phi) is 3.50. The van der Waals surface area contributed by atoms with Crippen LogP contribution in [0.5, 0.6) is 0 Å². The number of anilines is 1. The van der Waals surface area contributed by atoms with Gasteiger partial charge in [-0.15, -0.1) is 0 Å². The van der Waals surface area contributed by atoms with Gasteiger partial charge in [0.05, 0.1) is 10.4 Å². The van der Waals surface area contributed by atoms with Gasteiger partial charge in [-0.05, 0) is 18.9 Å². The zero-order valence-corrected chi connectivity index (χ0v) is 11.2. The molecule has 1 heterocycles. The van der Waals surface area contributed by atoms with Crippen molar-refractivity contribution < 1.29 is 4.92 Å². The van der Waals surface area contributed by atoms with Crippen LogP contribution < -0.4 is 5.32 Å². The predicted octanol–water partition coefficient (Wildman–Crippen LogP) is 3.89. The summed E-state index contributed by atoms with van der Waals surface area (Å²) in [7, 11) is 0. The lowest BCUT2D eigenvalue weighted by Gasteiger charge is -2.24. The van der Waals surface area contributed by atoms with Crippen molar-refractivity contribution in [2.24, 2.45) is 0 Å². The summed E-state index contributed by atoms with van der Waals surface area (Å²) in [6.45, 7) is 0. The molecule has 1 fully saturated rings. The molecule has 0 saturated heterocycles. The Hall–Kier alpha value is -2.17. The van der Waals surface area contributed by atoms with Gasteiger partial charge in [0.2, 0.25) is 0 Å². The molecule has 2 aromatic rings. The maximum absolute atomic E-state index is 11.2. The minimum Gasteiger partial charge on any atom is -0.376 e. The van der Waals surface area contributed by atoms with Crippen molar-refractivity contribution in [1.82, 2.24) is 4.98 Å². The van der Waals surface area contributed by atoms with Crippen LogP contribution in [0.2, 0.25) is 0 Å². The van der Waals surface area contributed by atoms with Crippen LogP contribution in [0.25, 0.3) is 10.9 Å². The van der Waals surface area contributed by atoms with Gasteiger partial charge in [0, 0.05) is 11.4 Å². The number of hydrogen-bond donors (Lipinski definition) is 1. The smallest absolute Gasteiger partial charge is 0.311 e. The number of pyridine rings is 1. The van der Waals surface area contributed by atoms with Gasteiger partial charge in [-0.2, -0.15) is 0 Å². The minimum absolute atomic E-state index is 0.0641. The molecule has 0 bridgehead atoms. The highest BCUT2D eigenvalue weighted by Crippen LogP contribution is 2.33. The number of benzene rings is 1. The molecule has 1 saturated carbocycles. The lowest BCUT2D eigenvalue weighted by atomic mass is 9.95. The molecule has 3 rings (SSSR count). The molecule has 5 nitrogen and oxygen atoms in total. The fourth-order valence-corrected chi connectivity index (χ4v) is 2.87. The molecular formula is C15H17N3O2. The number of hydrogen-bond acceptors (Lipinski definition) is 4. The summed E-state index contributed by atoms with van der Waals surface area (Å²) in [5.74, 6) is 0. The number of fused-ring (bicyclic) bond motifs is 1. The second-order valence-electron chi connectivity index (χ2n) is 5.27. The molecule has 0 radical (unpaired) electrons. The highest BCUT2D eigenvalue weighted by molar-refractivity contribution is 5.95. The molecule has 1 aliphatic rings.